The second kappa shape index (κ2) is 12.4. The van der Waals surface area contributed by atoms with Crippen LogP contribution in [0.25, 0.3) is 16.9 Å². The molecule has 0 fully saturated rings. The standard InChI is InChI=1S/C20H26N8O2S.C2H6/c1-14-12-28-17(15-9-22-23-10-15)11-21-20(28)19(24-14)25-18-8-16(26-31-18)13-27(4-6-29-2)5-7-30-3;1-2/h8-12H,4-7,13H2,1-3H3,(H,22,23)(H,24,25);1-2H3. The largest absolute Gasteiger partial charge is 0.383 e. The first kappa shape index (κ1) is 24.8. The highest BCUT2D eigenvalue weighted by Crippen LogP contribution is 2.27. The van der Waals surface area contributed by atoms with Crippen molar-refractivity contribution < 1.29 is 9.47 Å². The molecule has 0 saturated heterocycles. The van der Waals surface area contributed by atoms with E-state index in [4.69, 9.17) is 9.47 Å². The molecule has 0 unspecified atom stereocenters. The lowest BCUT2D eigenvalue weighted by atomic mass is 10.3. The average molecular weight is 473 g/mol. The Morgan fingerprint density at radius 3 is 2.58 bits per heavy atom. The summed E-state index contributed by atoms with van der Waals surface area (Å²) in [6.45, 7) is 9.68. The van der Waals surface area contributed by atoms with Crippen LogP contribution in [-0.2, 0) is 16.0 Å². The van der Waals surface area contributed by atoms with Crippen LogP contribution in [0.4, 0.5) is 10.8 Å². The molecular weight excluding hydrogens is 440 g/mol. The number of nitrogens with one attached hydrogen (secondary N) is 2. The minimum atomic E-state index is 0.670. The molecule has 178 valence electrons. The smallest absolute Gasteiger partial charge is 0.180 e. The van der Waals surface area contributed by atoms with Crippen molar-refractivity contribution in [2.45, 2.75) is 27.3 Å². The Labute approximate surface area is 198 Å². The molecule has 4 rings (SSSR count). The molecule has 0 atom stereocenters. The van der Waals surface area contributed by atoms with Crippen molar-refractivity contribution in [1.82, 2.24) is 33.8 Å². The molecule has 10 nitrogen and oxygen atoms in total. The summed E-state index contributed by atoms with van der Waals surface area (Å²) in [5, 5.41) is 11.2. The maximum absolute atomic E-state index is 5.22. The van der Waals surface area contributed by atoms with Gasteiger partial charge in [-0.2, -0.15) is 9.47 Å². The minimum absolute atomic E-state index is 0.670. The van der Waals surface area contributed by atoms with Crippen molar-refractivity contribution in [3.05, 3.63) is 42.2 Å². The number of aryl methyl sites for hydroxylation is 1. The van der Waals surface area contributed by atoms with Gasteiger partial charge < -0.3 is 14.8 Å². The average Bonchev–Trinajstić information content (AvgIpc) is 3.58. The molecular formula is C22H32N8O2S. The van der Waals surface area contributed by atoms with Crippen LogP contribution in [0, 0.1) is 6.92 Å². The second-order valence-electron chi connectivity index (χ2n) is 7.12. The van der Waals surface area contributed by atoms with Gasteiger partial charge in [0.2, 0.25) is 0 Å². The zero-order valence-electron chi connectivity index (χ0n) is 19.8. The molecule has 0 aliphatic carbocycles. The van der Waals surface area contributed by atoms with E-state index >= 15 is 0 Å². The highest BCUT2D eigenvalue weighted by atomic mass is 32.1. The van der Waals surface area contributed by atoms with Gasteiger partial charge in [0.1, 0.15) is 5.00 Å². The number of H-pyrrole nitrogens is 1. The Bertz CT molecular complexity index is 1100. The summed E-state index contributed by atoms with van der Waals surface area (Å²) in [6, 6.07) is 2.05. The topological polar surface area (TPSA) is 105 Å². The Morgan fingerprint density at radius 2 is 1.91 bits per heavy atom. The van der Waals surface area contributed by atoms with Crippen LogP contribution < -0.4 is 5.32 Å². The highest BCUT2D eigenvalue weighted by molar-refractivity contribution is 7.10. The molecule has 0 amide bonds. The number of imidazole rings is 1. The van der Waals surface area contributed by atoms with Crippen LogP contribution in [0.15, 0.2) is 30.9 Å². The van der Waals surface area contributed by atoms with E-state index < -0.39 is 0 Å². The lowest BCUT2D eigenvalue weighted by molar-refractivity contribution is 0.110. The predicted molar refractivity (Wildman–Crippen MR) is 131 cm³/mol. The van der Waals surface area contributed by atoms with E-state index in [1.807, 2.05) is 43.8 Å². The van der Waals surface area contributed by atoms with E-state index in [0.717, 1.165) is 52.9 Å². The van der Waals surface area contributed by atoms with Gasteiger partial charge >= 0.3 is 0 Å². The fraction of sp³-hybridized carbons (Fsp3) is 0.455. The zero-order valence-corrected chi connectivity index (χ0v) is 20.6. The molecule has 0 aliphatic rings. The normalized spacial score (nSPS) is 11.1. The van der Waals surface area contributed by atoms with Gasteiger partial charge in [-0.05, 0) is 24.5 Å². The summed E-state index contributed by atoms with van der Waals surface area (Å²) >= 11 is 1.41. The molecule has 4 aromatic heterocycles. The first-order valence-corrected chi connectivity index (χ1v) is 11.7. The van der Waals surface area contributed by atoms with Gasteiger partial charge in [0.05, 0.1) is 42.7 Å². The predicted octanol–water partition coefficient (Wildman–Crippen LogP) is 3.75. The van der Waals surface area contributed by atoms with Crippen molar-refractivity contribution in [3.63, 3.8) is 0 Å². The van der Waals surface area contributed by atoms with Gasteiger partial charge in [0.15, 0.2) is 11.5 Å². The third-order valence-electron chi connectivity index (χ3n) is 4.82. The van der Waals surface area contributed by atoms with Crippen LogP contribution in [0.2, 0.25) is 0 Å². The van der Waals surface area contributed by atoms with E-state index in [0.29, 0.717) is 19.0 Å². The summed E-state index contributed by atoms with van der Waals surface area (Å²) in [5.41, 5.74) is 4.54. The van der Waals surface area contributed by atoms with E-state index in [9.17, 15) is 0 Å². The van der Waals surface area contributed by atoms with Gasteiger partial charge in [-0.25, -0.2) is 9.97 Å². The monoisotopic (exact) mass is 472 g/mol. The van der Waals surface area contributed by atoms with Gasteiger partial charge in [-0.3, -0.25) is 14.4 Å². The lowest BCUT2D eigenvalue weighted by Crippen LogP contribution is -2.30. The summed E-state index contributed by atoms with van der Waals surface area (Å²) in [5.74, 6) is 0.695. The van der Waals surface area contributed by atoms with E-state index in [1.165, 1.54) is 11.5 Å². The Morgan fingerprint density at radius 1 is 1.15 bits per heavy atom. The summed E-state index contributed by atoms with van der Waals surface area (Å²) in [4.78, 5) is 11.5. The number of ether oxygens (including phenoxy) is 2. The van der Waals surface area contributed by atoms with Crippen LogP contribution in [-0.4, -0.2) is 74.4 Å². The molecule has 0 aromatic carbocycles. The van der Waals surface area contributed by atoms with Gasteiger partial charge in [0, 0.05) is 51.8 Å². The van der Waals surface area contributed by atoms with Crippen molar-refractivity contribution in [2.75, 3.05) is 45.8 Å². The Hall–Kier alpha value is -2.86. The van der Waals surface area contributed by atoms with Crippen LogP contribution in [0.3, 0.4) is 0 Å². The highest BCUT2D eigenvalue weighted by Gasteiger charge is 2.14. The minimum Gasteiger partial charge on any atom is -0.383 e. The quantitative estimate of drug-likeness (QED) is 0.340. The lowest BCUT2D eigenvalue weighted by Gasteiger charge is -2.20. The molecule has 0 bridgehead atoms. The molecule has 4 aromatic rings. The van der Waals surface area contributed by atoms with Gasteiger partial charge in [0.25, 0.3) is 0 Å². The molecule has 11 heteroatoms. The number of anilines is 2. The molecule has 33 heavy (non-hydrogen) atoms. The number of methoxy groups -OCH3 is 2. The van der Waals surface area contributed by atoms with Crippen LogP contribution in [0.5, 0.6) is 0 Å². The van der Waals surface area contributed by atoms with Crippen molar-refractivity contribution in [1.29, 1.82) is 0 Å². The maximum atomic E-state index is 5.22. The van der Waals surface area contributed by atoms with Gasteiger partial charge in [-0.1, -0.05) is 13.8 Å². The molecule has 0 saturated carbocycles. The molecule has 0 aliphatic heterocycles. The van der Waals surface area contributed by atoms with E-state index in [1.54, 1.807) is 20.4 Å². The molecule has 4 heterocycles. The third kappa shape index (κ3) is 6.35. The van der Waals surface area contributed by atoms with Crippen molar-refractivity contribution >= 4 is 28.0 Å². The summed E-state index contributed by atoms with van der Waals surface area (Å²) in [7, 11) is 3.42. The Balaban J connectivity index is 0.00000149. The fourth-order valence-corrected chi connectivity index (χ4v) is 3.96. The van der Waals surface area contributed by atoms with Crippen LogP contribution in [0.1, 0.15) is 25.2 Å². The molecule has 0 spiro atoms. The van der Waals surface area contributed by atoms with E-state index in [-0.39, 0.29) is 0 Å². The number of nitrogens with zero attached hydrogens (tertiary/aromatic N) is 6. The van der Waals surface area contributed by atoms with Crippen LogP contribution >= 0.6 is 11.5 Å². The number of rotatable bonds is 11. The zero-order chi connectivity index (χ0) is 23.6. The molecule has 0 radical (unpaired) electrons. The third-order valence-corrected chi connectivity index (χ3v) is 5.56. The van der Waals surface area contributed by atoms with E-state index in [2.05, 4.69) is 40.8 Å². The fourth-order valence-electron chi connectivity index (χ4n) is 3.30. The maximum Gasteiger partial charge on any atom is 0.180 e. The number of hydrogen-bond acceptors (Lipinski definition) is 9. The summed E-state index contributed by atoms with van der Waals surface area (Å²) < 4.78 is 17.1. The Kier molecular flexibility index (Phi) is 9.31. The number of fused-ring (bicyclic) bond motifs is 1. The van der Waals surface area contributed by atoms with Crippen molar-refractivity contribution in [3.8, 4) is 11.3 Å². The summed E-state index contributed by atoms with van der Waals surface area (Å²) in [6.07, 6.45) is 7.42. The number of aromatic amines is 1. The first-order chi connectivity index (χ1) is 16.2. The first-order valence-electron chi connectivity index (χ1n) is 10.9. The number of hydrogen-bond donors (Lipinski definition) is 2. The number of aromatic nitrogens is 6. The molecule has 2 N–H and O–H groups in total. The van der Waals surface area contributed by atoms with Crippen molar-refractivity contribution in [2.24, 2.45) is 0 Å². The second-order valence-corrected chi connectivity index (χ2v) is 7.93. The SMILES string of the molecule is CC.COCCN(CCOC)Cc1cc(Nc2nc(C)cn3c(-c4cn[nH]c4)cnc23)sn1. The van der Waals surface area contributed by atoms with Gasteiger partial charge in [-0.15, -0.1) is 0 Å².